The molecule has 104 valence electrons. The largest absolute Gasteiger partial charge is 0.497 e. The highest BCUT2D eigenvalue weighted by Crippen LogP contribution is 2.23. The SMILES string of the molecule is COc1cccc(-c2nc(=S)cc(-c3ccccc3)[nH]2)c1. The molecular formula is C17H14N2OS. The van der Waals surface area contributed by atoms with E-state index in [1.54, 1.807) is 7.11 Å². The minimum atomic E-state index is 0.561. The summed E-state index contributed by atoms with van der Waals surface area (Å²) in [5.74, 6) is 1.53. The zero-order valence-corrected chi connectivity index (χ0v) is 12.4. The topological polar surface area (TPSA) is 37.9 Å². The summed E-state index contributed by atoms with van der Waals surface area (Å²) in [4.78, 5) is 7.74. The highest BCUT2D eigenvalue weighted by Gasteiger charge is 2.05. The summed E-state index contributed by atoms with van der Waals surface area (Å²) >= 11 is 5.29. The van der Waals surface area contributed by atoms with E-state index in [-0.39, 0.29) is 0 Å². The van der Waals surface area contributed by atoms with Gasteiger partial charge in [0.2, 0.25) is 0 Å². The molecule has 0 bridgehead atoms. The molecule has 4 heteroatoms. The van der Waals surface area contributed by atoms with Gasteiger partial charge in [0.25, 0.3) is 0 Å². The molecule has 1 aromatic heterocycles. The number of nitrogens with zero attached hydrogens (tertiary/aromatic N) is 1. The fraction of sp³-hybridized carbons (Fsp3) is 0.0588. The first-order valence-corrected chi connectivity index (χ1v) is 6.98. The number of H-pyrrole nitrogens is 1. The van der Waals surface area contributed by atoms with Gasteiger partial charge in [-0.05, 0) is 23.8 Å². The summed E-state index contributed by atoms with van der Waals surface area (Å²) in [6.07, 6.45) is 0. The van der Waals surface area contributed by atoms with Crippen molar-refractivity contribution < 1.29 is 4.74 Å². The van der Waals surface area contributed by atoms with Crippen LogP contribution in [0, 0.1) is 4.64 Å². The maximum absolute atomic E-state index is 5.29. The fourth-order valence-electron chi connectivity index (χ4n) is 2.14. The smallest absolute Gasteiger partial charge is 0.139 e. The van der Waals surface area contributed by atoms with Crippen molar-refractivity contribution in [3.05, 3.63) is 65.3 Å². The Labute approximate surface area is 128 Å². The summed E-state index contributed by atoms with van der Waals surface area (Å²) in [5.41, 5.74) is 2.97. The van der Waals surface area contributed by atoms with Gasteiger partial charge in [0.1, 0.15) is 16.2 Å². The second-order valence-corrected chi connectivity index (χ2v) is 5.00. The Bertz CT molecular complexity index is 812. The Balaban J connectivity index is 2.12. The molecule has 0 saturated heterocycles. The van der Waals surface area contributed by atoms with Crippen LogP contribution in [0.4, 0.5) is 0 Å². The number of benzene rings is 2. The molecule has 0 spiro atoms. The van der Waals surface area contributed by atoms with Crippen LogP contribution < -0.4 is 4.74 Å². The average molecular weight is 294 g/mol. The van der Waals surface area contributed by atoms with Crippen LogP contribution in [0.5, 0.6) is 5.75 Å². The van der Waals surface area contributed by atoms with E-state index < -0.39 is 0 Å². The first-order valence-electron chi connectivity index (χ1n) is 6.57. The van der Waals surface area contributed by atoms with Gasteiger partial charge in [0.15, 0.2) is 0 Å². The zero-order valence-electron chi connectivity index (χ0n) is 11.5. The molecule has 1 N–H and O–H groups in total. The van der Waals surface area contributed by atoms with E-state index in [1.165, 1.54) is 0 Å². The van der Waals surface area contributed by atoms with Crippen LogP contribution in [0.25, 0.3) is 22.6 Å². The molecule has 0 radical (unpaired) electrons. The first kappa shape index (κ1) is 13.5. The van der Waals surface area contributed by atoms with Crippen molar-refractivity contribution in [3.8, 4) is 28.4 Å². The lowest BCUT2D eigenvalue weighted by Gasteiger charge is -2.07. The Morgan fingerprint density at radius 2 is 1.71 bits per heavy atom. The summed E-state index contributed by atoms with van der Waals surface area (Å²) < 4.78 is 5.81. The van der Waals surface area contributed by atoms with Crippen molar-refractivity contribution in [1.82, 2.24) is 9.97 Å². The molecule has 0 atom stereocenters. The first-order chi connectivity index (χ1) is 10.3. The molecule has 0 aliphatic heterocycles. The average Bonchev–Trinajstić information content (AvgIpc) is 2.55. The third kappa shape index (κ3) is 3.01. The van der Waals surface area contributed by atoms with E-state index in [0.717, 1.165) is 28.4 Å². The predicted octanol–water partition coefficient (Wildman–Crippen LogP) is 4.48. The summed E-state index contributed by atoms with van der Waals surface area (Å²) in [5, 5.41) is 0. The minimum absolute atomic E-state index is 0.561. The molecule has 2 aromatic carbocycles. The van der Waals surface area contributed by atoms with Crippen LogP contribution in [0.3, 0.4) is 0 Å². The van der Waals surface area contributed by atoms with Crippen molar-refractivity contribution in [2.24, 2.45) is 0 Å². The number of nitrogens with one attached hydrogen (secondary N) is 1. The second kappa shape index (κ2) is 5.89. The molecule has 3 aromatic rings. The van der Waals surface area contributed by atoms with Gasteiger partial charge in [-0.2, -0.15) is 0 Å². The third-order valence-electron chi connectivity index (χ3n) is 3.17. The third-order valence-corrected chi connectivity index (χ3v) is 3.38. The number of hydrogen-bond donors (Lipinski definition) is 1. The maximum atomic E-state index is 5.29. The normalized spacial score (nSPS) is 10.3. The van der Waals surface area contributed by atoms with Gasteiger partial charge in [-0.15, -0.1) is 0 Å². The van der Waals surface area contributed by atoms with Crippen LogP contribution in [0.2, 0.25) is 0 Å². The molecule has 0 aliphatic carbocycles. The number of aromatic nitrogens is 2. The molecule has 0 amide bonds. The number of methoxy groups -OCH3 is 1. The quantitative estimate of drug-likeness (QED) is 0.724. The molecule has 21 heavy (non-hydrogen) atoms. The van der Waals surface area contributed by atoms with Gasteiger partial charge < -0.3 is 9.72 Å². The van der Waals surface area contributed by atoms with Crippen molar-refractivity contribution in [2.45, 2.75) is 0 Å². The number of ether oxygens (including phenoxy) is 1. The Kier molecular flexibility index (Phi) is 3.79. The van der Waals surface area contributed by atoms with Crippen molar-refractivity contribution in [3.63, 3.8) is 0 Å². The fourth-order valence-corrected chi connectivity index (χ4v) is 2.35. The molecule has 0 aliphatic rings. The van der Waals surface area contributed by atoms with E-state index in [4.69, 9.17) is 17.0 Å². The molecule has 0 saturated carbocycles. The highest BCUT2D eigenvalue weighted by molar-refractivity contribution is 7.71. The highest BCUT2D eigenvalue weighted by atomic mass is 32.1. The molecule has 3 nitrogen and oxygen atoms in total. The van der Waals surface area contributed by atoms with Gasteiger partial charge in [0, 0.05) is 11.3 Å². The van der Waals surface area contributed by atoms with Crippen molar-refractivity contribution in [2.75, 3.05) is 7.11 Å². The van der Waals surface area contributed by atoms with Crippen LogP contribution in [-0.4, -0.2) is 17.1 Å². The molecule has 1 heterocycles. The van der Waals surface area contributed by atoms with Gasteiger partial charge >= 0.3 is 0 Å². The number of aromatic amines is 1. The summed E-state index contributed by atoms with van der Waals surface area (Å²) in [6.45, 7) is 0. The van der Waals surface area contributed by atoms with E-state index in [0.29, 0.717) is 4.64 Å². The number of hydrogen-bond acceptors (Lipinski definition) is 3. The second-order valence-electron chi connectivity index (χ2n) is 4.58. The van der Waals surface area contributed by atoms with E-state index in [2.05, 4.69) is 9.97 Å². The Hall–Kier alpha value is -2.46. The van der Waals surface area contributed by atoms with Gasteiger partial charge in [0.05, 0.1) is 7.11 Å². The minimum Gasteiger partial charge on any atom is -0.497 e. The lowest BCUT2D eigenvalue weighted by atomic mass is 10.1. The van der Waals surface area contributed by atoms with Crippen molar-refractivity contribution in [1.29, 1.82) is 0 Å². The molecule has 0 unspecified atom stereocenters. The summed E-state index contributed by atoms with van der Waals surface area (Å²) in [6, 6.07) is 19.7. The lowest BCUT2D eigenvalue weighted by molar-refractivity contribution is 0.415. The number of rotatable bonds is 3. The van der Waals surface area contributed by atoms with Gasteiger partial charge in [-0.3, -0.25) is 0 Å². The Morgan fingerprint density at radius 3 is 2.48 bits per heavy atom. The molecule has 0 fully saturated rings. The van der Waals surface area contributed by atoms with Crippen LogP contribution in [0.1, 0.15) is 0 Å². The van der Waals surface area contributed by atoms with Gasteiger partial charge in [-0.1, -0.05) is 54.7 Å². The lowest BCUT2D eigenvalue weighted by Crippen LogP contribution is -1.93. The summed E-state index contributed by atoms with van der Waals surface area (Å²) in [7, 11) is 1.65. The van der Waals surface area contributed by atoms with Crippen LogP contribution >= 0.6 is 12.2 Å². The van der Waals surface area contributed by atoms with E-state index in [9.17, 15) is 0 Å². The molecular weight excluding hydrogens is 280 g/mol. The maximum Gasteiger partial charge on any atom is 0.139 e. The van der Waals surface area contributed by atoms with Crippen LogP contribution in [0.15, 0.2) is 60.7 Å². The molecule has 3 rings (SSSR count). The zero-order chi connectivity index (χ0) is 14.7. The monoisotopic (exact) mass is 294 g/mol. The standard InChI is InChI=1S/C17H14N2OS/c1-20-14-9-5-8-13(10-14)17-18-15(11-16(21)19-17)12-6-3-2-4-7-12/h2-11H,1H3,(H,18,19,21). The van der Waals surface area contributed by atoms with Crippen LogP contribution in [-0.2, 0) is 0 Å². The van der Waals surface area contributed by atoms with Crippen molar-refractivity contribution >= 4 is 12.2 Å². The van der Waals surface area contributed by atoms with E-state index >= 15 is 0 Å². The predicted molar refractivity (Wildman–Crippen MR) is 86.8 cm³/mol. The Morgan fingerprint density at radius 1 is 0.952 bits per heavy atom. The van der Waals surface area contributed by atoms with E-state index in [1.807, 2.05) is 60.7 Å². The van der Waals surface area contributed by atoms with Gasteiger partial charge in [-0.25, -0.2) is 4.98 Å².